The molecule has 0 saturated carbocycles. The number of likely N-dealkylation sites (tertiary alicyclic amines) is 1. The van der Waals surface area contributed by atoms with Crippen molar-refractivity contribution in [3.8, 4) is 0 Å². The van der Waals surface area contributed by atoms with Crippen molar-refractivity contribution in [2.75, 3.05) is 55.1 Å². The lowest BCUT2D eigenvalue weighted by atomic mass is 9.89. The van der Waals surface area contributed by atoms with E-state index in [9.17, 15) is 33.9 Å². The number of aliphatic carboxylic acids is 2. The number of carbonyl (C=O) groups is 6. The van der Waals surface area contributed by atoms with Gasteiger partial charge in [0.1, 0.15) is 18.1 Å². The van der Waals surface area contributed by atoms with Gasteiger partial charge in [0.15, 0.2) is 0 Å². The molecule has 0 unspecified atom stereocenters. The lowest BCUT2D eigenvalue weighted by molar-refractivity contribution is -0.148. The highest BCUT2D eigenvalue weighted by Gasteiger charge is 2.43. The highest BCUT2D eigenvalue weighted by Crippen LogP contribution is 2.30. The summed E-state index contributed by atoms with van der Waals surface area (Å²) in [6, 6.07) is 5.16. The molecule has 0 spiro atoms. The number of hydrogen-bond acceptors (Lipinski definition) is 11. The van der Waals surface area contributed by atoms with Crippen LogP contribution < -0.4 is 16.4 Å². The first-order valence-electron chi connectivity index (χ1n) is 22.4. The molecule has 18 nitrogen and oxygen atoms in total. The fraction of sp³-hybridized carbons (Fsp3) is 0.739. The normalized spacial score (nSPS) is 17.9. The first-order valence-corrected chi connectivity index (χ1v) is 22.4. The molecule has 1 heterocycles. The molecule has 4 amide bonds. The van der Waals surface area contributed by atoms with Gasteiger partial charge >= 0.3 is 11.9 Å². The minimum Gasteiger partial charge on any atom is -0.677 e. The van der Waals surface area contributed by atoms with E-state index in [0.29, 0.717) is 32.4 Å². The number of carboxylic acids is 2. The van der Waals surface area contributed by atoms with Gasteiger partial charge in [0.05, 0.1) is 42.7 Å². The lowest BCUT2D eigenvalue weighted by Crippen LogP contribution is -2.59. The van der Waals surface area contributed by atoms with E-state index in [1.807, 2.05) is 90.9 Å². The smallest absolute Gasteiger partial charge is 0.326 e. The second-order valence-corrected chi connectivity index (χ2v) is 17.5. The van der Waals surface area contributed by atoms with Crippen molar-refractivity contribution in [1.29, 1.82) is 0 Å². The number of likely N-dealkylation sites (N-methyl/N-ethyl adjacent to an activating group) is 2. The van der Waals surface area contributed by atoms with E-state index in [2.05, 4.69) is 10.6 Å². The van der Waals surface area contributed by atoms with Gasteiger partial charge in [-0.3, -0.25) is 28.9 Å². The van der Waals surface area contributed by atoms with E-state index < -0.39 is 72.2 Å². The van der Waals surface area contributed by atoms with Gasteiger partial charge in [-0.2, -0.15) is 0 Å². The number of ether oxygens (including phenoxy) is 2. The van der Waals surface area contributed by atoms with Crippen molar-refractivity contribution in [1.82, 2.24) is 25.3 Å². The number of nitrogens with zero attached hydrogens (tertiary/aromatic N) is 3. The predicted octanol–water partition coefficient (Wildman–Crippen LogP) is 3.29. The summed E-state index contributed by atoms with van der Waals surface area (Å²) in [5.74, 6) is -4.17. The molecule has 2 rings (SSSR count). The van der Waals surface area contributed by atoms with Crippen LogP contribution in [0.3, 0.4) is 0 Å². The van der Waals surface area contributed by atoms with Gasteiger partial charge in [0.25, 0.3) is 0 Å². The number of benzene rings is 1. The second kappa shape index (κ2) is 30.8. The van der Waals surface area contributed by atoms with Gasteiger partial charge in [-0.25, -0.2) is 4.79 Å². The summed E-state index contributed by atoms with van der Waals surface area (Å²) < 4.78 is 11.9. The monoisotopic (exact) mass is 909 g/mol. The maximum atomic E-state index is 14.2. The second-order valence-electron chi connectivity index (χ2n) is 17.5. The van der Waals surface area contributed by atoms with Crippen molar-refractivity contribution in [3.63, 3.8) is 0 Å². The van der Waals surface area contributed by atoms with Crippen LogP contribution in [0.4, 0.5) is 0 Å². The first kappa shape index (κ1) is 59.8. The van der Waals surface area contributed by atoms with E-state index in [1.54, 1.807) is 23.8 Å². The van der Waals surface area contributed by atoms with E-state index in [0.717, 1.165) is 12.0 Å². The summed E-state index contributed by atoms with van der Waals surface area (Å²) in [5.41, 5.74) is 12.1. The quantitative estimate of drug-likeness (QED) is 0.0871. The molecule has 8 N–H and O–H groups in total. The third-order valence-corrected chi connectivity index (χ3v) is 11.6. The van der Waals surface area contributed by atoms with Crippen LogP contribution in [-0.2, 0) is 44.7 Å². The molecule has 0 bridgehead atoms. The number of carboxylic acid groups (broad SMARTS) is 2. The molecule has 1 aromatic carbocycles. The molecule has 18 heteroatoms. The Kier molecular flexibility index (Phi) is 28.8. The molecule has 1 saturated heterocycles. The Balaban J connectivity index is 0.00000319. The summed E-state index contributed by atoms with van der Waals surface area (Å²) >= 11 is 0. The van der Waals surface area contributed by atoms with Crippen LogP contribution in [0.25, 0.3) is 5.73 Å². The molecule has 64 heavy (non-hydrogen) atoms. The van der Waals surface area contributed by atoms with Crippen LogP contribution in [0, 0.1) is 23.7 Å². The van der Waals surface area contributed by atoms with Gasteiger partial charge < -0.3 is 56.7 Å². The van der Waals surface area contributed by atoms with E-state index in [-0.39, 0.29) is 54.9 Å². The van der Waals surface area contributed by atoms with Crippen LogP contribution in [0.5, 0.6) is 0 Å². The van der Waals surface area contributed by atoms with Gasteiger partial charge in [-0.15, -0.1) is 6.54 Å². The van der Waals surface area contributed by atoms with Crippen LogP contribution in [0.2, 0.25) is 0 Å². The molecular formula is C46H82N7O11-. The number of carbonyl (C=O) groups excluding carboxylic acids is 4. The van der Waals surface area contributed by atoms with Gasteiger partial charge in [0.2, 0.25) is 23.6 Å². The van der Waals surface area contributed by atoms with Gasteiger partial charge in [0, 0.05) is 40.8 Å². The van der Waals surface area contributed by atoms with Crippen molar-refractivity contribution >= 4 is 35.6 Å². The average Bonchev–Trinajstić information content (AvgIpc) is 3.72. The van der Waals surface area contributed by atoms with E-state index in [1.165, 1.54) is 21.1 Å². The summed E-state index contributed by atoms with van der Waals surface area (Å²) in [7, 11) is 8.44. The fourth-order valence-electron chi connectivity index (χ4n) is 7.84. The van der Waals surface area contributed by atoms with Gasteiger partial charge in [-0.05, 0) is 63.6 Å². The zero-order valence-corrected chi connectivity index (χ0v) is 40.7. The molecule has 0 aliphatic carbocycles. The zero-order chi connectivity index (χ0) is 49.4. The highest BCUT2D eigenvalue weighted by atomic mass is 16.5. The molecule has 10 atom stereocenters. The Bertz CT molecular complexity index is 1540. The Morgan fingerprint density at radius 2 is 1.47 bits per heavy atom. The Morgan fingerprint density at radius 3 is 1.88 bits per heavy atom. The molecular weight excluding hydrogens is 827 g/mol. The molecule has 1 aromatic rings. The van der Waals surface area contributed by atoms with Crippen LogP contribution in [0.1, 0.15) is 93.1 Å². The molecule has 0 radical (unpaired) electrons. The third-order valence-electron chi connectivity index (χ3n) is 11.6. The Morgan fingerprint density at radius 1 is 0.891 bits per heavy atom. The SMILES string of the molecule is CC[C@H](C)[C@@H]([C@@H](CC(=O)N1CCC[C@H]1[C@H](OC)[C@@H](C)C(=O)N[C@@H](Cc1ccccc1)C(=O)O)OC)N(C)C(=O)[C@@H](NC(=O)[C@H](C(C)C)N(C)C)C(C)C.C[C@H](N)C(=O)O.[NH-]CCCO. The van der Waals surface area contributed by atoms with Crippen molar-refractivity contribution < 1.29 is 53.6 Å². The number of aliphatic hydroxyl groups is 1. The fourth-order valence-corrected chi connectivity index (χ4v) is 7.84. The molecule has 368 valence electrons. The summed E-state index contributed by atoms with van der Waals surface area (Å²) in [4.78, 5) is 82.1. The number of hydrogen-bond donors (Lipinski definition) is 6. The van der Waals surface area contributed by atoms with Crippen molar-refractivity contribution in [2.45, 2.75) is 142 Å². The third kappa shape index (κ3) is 19.5. The van der Waals surface area contributed by atoms with E-state index >= 15 is 0 Å². The first-order chi connectivity index (χ1) is 30.0. The van der Waals surface area contributed by atoms with Crippen molar-refractivity contribution in [3.05, 3.63) is 41.6 Å². The maximum Gasteiger partial charge on any atom is 0.326 e. The largest absolute Gasteiger partial charge is 0.677 e. The molecule has 0 aromatic heterocycles. The van der Waals surface area contributed by atoms with Crippen LogP contribution >= 0.6 is 0 Å². The maximum absolute atomic E-state index is 14.2. The van der Waals surface area contributed by atoms with Crippen LogP contribution in [-0.4, -0.2) is 169 Å². The van der Waals surface area contributed by atoms with Crippen LogP contribution in [0.15, 0.2) is 30.3 Å². The average molecular weight is 909 g/mol. The predicted molar refractivity (Wildman–Crippen MR) is 247 cm³/mol. The molecule has 1 fully saturated rings. The summed E-state index contributed by atoms with van der Waals surface area (Å²) in [6.07, 6.45) is 1.43. The van der Waals surface area contributed by atoms with E-state index in [4.69, 9.17) is 31.2 Å². The molecule has 1 aliphatic rings. The number of rotatable bonds is 24. The number of aliphatic hydroxyl groups excluding tert-OH is 1. The minimum atomic E-state index is -1.14. The number of methoxy groups -OCH3 is 2. The number of nitrogens with two attached hydrogens (primary N) is 1. The summed E-state index contributed by atoms with van der Waals surface area (Å²) in [5, 5.41) is 31.4. The lowest BCUT2D eigenvalue weighted by Gasteiger charge is -2.41. The zero-order valence-electron chi connectivity index (χ0n) is 40.7. The minimum absolute atomic E-state index is 0.0104. The topological polar surface area (TPSA) is 265 Å². The van der Waals surface area contributed by atoms with Crippen molar-refractivity contribution in [2.24, 2.45) is 29.4 Å². The Labute approximate surface area is 382 Å². The Hall–Kier alpha value is -4.20. The molecule has 1 aliphatic heterocycles. The van der Waals surface area contributed by atoms with Gasteiger partial charge in [-0.1, -0.05) is 85.2 Å². The number of amides is 4. The standard InChI is InChI=1S/C40H67N5O8.C3H7NO2.C3H8NO/c1-13-26(6)35(44(10)39(49)33(24(2)3)42-38(48)34(25(4)5)43(8)9)31(52-11)23-32(46)45-21-17-20-30(45)36(53-12)27(7)37(47)41-29(40(50)51)22-28-18-15-14-16-19-28;1-2(4)3(5)6;4-2-1-3-5/h14-16,18-19,24-27,29-31,33-36H,13,17,20-23H2,1-12H3,(H,41,47)(H,42,48)(H,50,51);2H,4H2,1H3,(H,5,6);4-5H,1-3H2/q;;-1/t26-,27+,29-,30-,31+,33-,34-,35-,36+;2-;/m00./s1. The highest BCUT2D eigenvalue weighted by molar-refractivity contribution is 5.90. The number of nitrogens with one attached hydrogen (secondary N) is 3. The summed E-state index contributed by atoms with van der Waals surface area (Å²) in [6.45, 7) is 15.9.